The molecule has 0 aromatic carbocycles. The van der Waals surface area contributed by atoms with Gasteiger partial charge in [0.2, 0.25) is 0 Å². The van der Waals surface area contributed by atoms with E-state index < -0.39 is 18.3 Å². The van der Waals surface area contributed by atoms with Crippen LogP contribution in [-0.4, -0.2) is 11.8 Å². The number of carbonyl (C=O) groups is 1. The van der Waals surface area contributed by atoms with Gasteiger partial charge in [0.05, 0.1) is 0 Å². The maximum atomic E-state index is 11.9. The SMILES string of the molecule is CCC(F)(F)C(=O)NF. The minimum atomic E-state index is -3.57. The van der Waals surface area contributed by atoms with Crippen LogP contribution in [0.3, 0.4) is 0 Å². The molecule has 1 N–H and O–H groups in total. The highest BCUT2D eigenvalue weighted by molar-refractivity contribution is 5.82. The van der Waals surface area contributed by atoms with Crippen LogP contribution < -0.4 is 5.54 Å². The van der Waals surface area contributed by atoms with E-state index in [-0.39, 0.29) is 0 Å². The molecule has 0 fully saturated rings. The lowest BCUT2D eigenvalue weighted by molar-refractivity contribution is -0.150. The van der Waals surface area contributed by atoms with E-state index in [9.17, 15) is 18.1 Å². The van der Waals surface area contributed by atoms with Gasteiger partial charge >= 0.3 is 11.8 Å². The third-order valence-corrected chi connectivity index (χ3v) is 0.862. The molecule has 0 aromatic heterocycles. The molecule has 0 aliphatic rings. The molecule has 0 aliphatic carbocycles. The average Bonchev–Trinajstić information content (AvgIpc) is 1.86. The van der Waals surface area contributed by atoms with Crippen LogP contribution in [0.15, 0.2) is 0 Å². The van der Waals surface area contributed by atoms with Gasteiger partial charge in [0.25, 0.3) is 0 Å². The van der Waals surface area contributed by atoms with Crippen molar-refractivity contribution >= 4 is 5.91 Å². The van der Waals surface area contributed by atoms with Gasteiger partial charge in [-0.05, 0) is 0 Å². The summed E-state index contributed by atoms with van der Waals surface area (Å²) in [5.41, 5.74) is 0.367. The summed E-state index contributed by atoms with van der Waals surface area (Å²) in [6.07, 6.45) is -0.692. The second kappa shape index (κ2) is 2.70. The number of amides is 1. The Hall–Kier alpha value is -0.740. The summed E-state index contributed by atoms with van der Waals surface area (Å²) in [5, 5.41) is 0. The summed E-state index contributed by atoms with van der Waals surface area (Å²) in [6.45, 7) is 1.09. The maximum absolute atomic E-state index is 11.9. The van der Waals surface area contributed by atoms with Crippen molar-refractivity contribution in [2.75, 3.05) is 0 Å². The smallest absolute Gasteiger partial charge is 0.265 e. The van der Waals surface area contributed by atoms with Crippen LogP contribution in [0, 0.1) is 0 Å². The summed E-state index contributed by atoms with van der Waals surface area (Å²) in [4.78, 5) is 9.83. The number of rotatable bonds is 2. The fourth-order valence-electron chi connectivity index (χ4n) is 0.230. The number of nitrogens with one attached hydrogen (secondary N) is 1. The van der Waals surface area contributed by atoms with Crippen molar-refractivity contribution in [3.63, 3.8) is 0 Å². The van der Waals surface area contributed by atoms with Gasteiger partial charge in [-0.1, -0.05) is 6.92 Å². The molecule has 9 heavy (non-hydrogen) atoms. The van der Waals surface area contributed by atoms with Crippen molar-refractivity contribution in [1.29, 1.82) is 0 Å². The Morgan fingerprint density at radius 3 is 2.22 bits per heavy atom. The van der Waals surface area contributed by atoms with Crippen LogP contribution in [0.2, 0.25) is 0 Å². The van der Waals surface area contributed by atoms with Gasteiger partial charge in [0, 0.05) is 6.42 Å². The van der Waals surface area contributed by atoms with Crippen molar-refractivity contribution in [3.8, 4) is 0 Å². The third kappa shape index (κ3) is 1.91. The lowest BCUT2D eigenvalue weighted by atomic mass is 10.2. The average molecular weight is 141 g/mol. The Bertz CT molecular complexity index is 114. The lowest BCUT2D eigenvalue weighted by Gasteiger charge is -2.08. The van der Waals surface area contributed by atoms with E-state index in [1.165, 1.54) is 0 Å². The van der Waals surface area contributed by atoms with Crippen molar-refractivity contribution in [3.05, 3.63) is 0 Å². The highest BCUT2D eigenvalue weighted by Gasteiger charge is 2.36. The summed E-state index contributed by atoms with van der Waals surface area (Å²) in [7, 11) is 0. The molecule has 0 saturated heterocycles. The van der Waals surface area contributed by atoms with Crippen molar-refractivity contribution in [1.82, 2.24) is 5.54 Å². The molecule has 0 rings (SSSR count). The second-order valence-electron chi connectivity index (χ2n) is 1.48. The number of carbonyl (C=O) groups excluding carboxylic acids is 1. The molecule has 1 amide bonds. The molecule has 2 nitrogen and oxygen atoms in total. The molecule has 0 aromatic rings. The van der Waals surface area contributed by atoms with E-state index in [0.29, 0.717) is 5.54 Å². The summed E-state index contributed by atoms with van der Waals surface area (Å²) in [6, 6.07) is 0. The van der Waals surface area contributed by atoms with Gasteiger partial charge < -0.3 is 0 Å². The molecular formula is C4H6F3NO. The van der Waals surface area contributed by atoms with Gasteiger partial charge in [-0.25, -0.2) is 0 Å². The Labute approximate surface area is 50.0 Å². The zero-order chi connectivity index (χ0) is 7.49. The number of hydrogen-bond donors (Lipinski definition) is 1. The Morgan fingerprint density at radius 2 is 2.11 bits per heavy atom. The van der Waals surface area contributed by atoms with Gasteiger partial charge in [-0.15, -0.1) is 4.48 Å². The quantitative estimate of drug-likeness (QED) is 0.572. The lowest BCUT2D eigenvalue weighted by Crippen LogP contribution is -2.35. The molecular weight excluding hydrogens is 135 g/mol. The first-order valence-electron chi connectivity index (χ1n) is 2.33. The van der Waals surface area contributed by atoms with Gasteiger partial charge in [0.1, 0.15) is 0 Å². The van der Waals surface area contributed by atoms with Crippen molar-refractivity contribution < 1.29 is 18.1 Å². The van der Waals surface area contributed by atoms with Crippen LogP contribution >= 0.6 is 0 Å². The van der Waals surface area contributed by atoms with Crippen molar-refractivity contribution in [2.45, 2.75) is 19.3 Å². The fraction of sp³-hybridized carbons (Fsp3) is 0.750. The first kappa shape index (κ1) is 8.26. The van der Waals surface area contributed by atoms with Crippen LogP contribution in [0.1, 0.15) is 13.3 Å². The van der Waals surface area contributed by atoms with E-state index >= 15 is 0 Å². The Balaban J connectivity index is 3.97. The molecule has 0 spiro atoms. The van der Waals surface area contributed by atoms with Gasteiger partial charge in [0.15, 0.2) is 0 Å². The molecule has 0 aliphatic heterocycles. The monoisotopic (exact) mass is 141 g/mol. The fourth-order valence-corrected chi connectivity index (χ4v) is 0.230. The first-order chi connectivity index (χ1) is 4.04. The van der Waals surface area contributed by atoms with Gasteiger partial charge in [-0.3, -0.25) is 4.79 Å². The predicted octanol–water partition coefficient (Wildman–Crippen LogP) is 1.03. The summed E-state index contributed by atoms with van der Waals surface area (Å²) >= 11 is 0. The van der Waals surface area contributed by atoms with Gasteiger partial charge in [-0.2, -0.15) is 14.3 Å². The normalized spacial score (nSPS) is 11.1. The molecule has 0 bridgehead atoms. The maximum Gasteiger partial charge on any atom is 0.326 e. The minimum Gasteiger partial charge on any atom is -0.265 e. The Morgan fingerprint density at radius 1 is 1.67 bits per heavy atom. The summed E-state index contributed by atoms with van der Waals surface area (Å²) in [5.74, 6) is -5.46. The Kier molecular flexibility index (Phi) is 2.48. The van der Waals surface area contributed by atoms with Crippen LogP contribution in [0.25, 0.3) is 0 Å². The molecule has 0 radical (unpaired) electrons. The number of halogens is 3. The zero-order valence-electron chi connectivity index (χ0n) is 4.75. The summed E-state index contributed by atoms with van der Waals surface area (Å²) < 4.78 is 34.8. The van der Waals surface area contributed by atoms with Crippen molar-refractivity contribution in [2.24, 2.45) is 0 Å². The second-order valence-corrected chi connectivity index (χ2v) is 1.48. The molecule has 54 valence electrons. The molecule has 0 unspecified atom stereocenters. The topological polar surface area (TPSA) is 29.1 Å². The number of alkyl halides is 2. The molecule has 5 heteroatoms. The van der Waals surface area contributed by atoms with E-state index in [0.717, 1.165) is 6.92 Å². The van der Waals surface area contributed by atoms with Crippen LogP contribution in [0.4, 0.5) is 13.3 Å². The van der Waals surface area contributed by atoms with E-state index in [4.69, 9.17) is 0 Å². The zero-order valence-corrected chi connectivity index (χ0v) is 4.75. The highest BCUT2D eigenvalue weighted by atomic mass is 19.3. The third-order valence-electron chi connectivity index (χ3n) is 0.862. The van der Waals surface area contributed by atoms with E-state index in [1.807, 2.05) is 0 Å². The standard InChI is InChI=1S/C4H6F3NO/c1-2-4(5,6)3(9)8-7/h2H2,1H3,(H,8,9). The minimum absolute atomic E-state index is 0.367. The molecule has 0 heterocycles. The first-order valence-corrected chi connectivity index (χ1v) is 2.33. The van der Waals surface area contributed by atoms with E-state index in [1.54, 1.807) is 0 Å². The largest absolute Gasteiger partial charge is 0.326 e. The van der Waals surface area contributed by atoms with E-state index in [2.05, 4.69) is 0 Å². The predicted molar refractivity (Wildman–Crippen MR) is 24.5 cm³/mol. The molecule has 0 atom stereocenters. The molecule has 0 saturated carbocycles. The van der Waals surface area contributed by atoms with Crippen LogP contribution in [0.5, 0.6) is 0 Å². The highest BCUT2D eigenvalue weighted by Crippen LogP contribution is 2.16. The number of hydrogen-bond acceptors (Lipinski definition) is 1. The van der Waals surface area contributed by atoms with Crippen LogP contribution in [-0.2, 0) is 4.79 Å².